The topological polar surface area (TPSA) is 9.23 Å². The van der Waals surface area contributed by atoms with Gasteiger partial charge in [-0.3, -0.25) is 0 Å². The molecule has 2 atom stereocenters. The molecule has 39 heavy (non-hydrogen) atoms. The Morgan fingerprint density at radius 2 is 1.38 bits per heavy atom. The molecule has 0 bridgehead atoms. The van der Waals surface area contributed by atoms with E-state index in [1.807, 2.05) is 0 Å². The summed E-state index contributed by atoms with van der Waals surface area (Å²) >= 11 is 4.33. The first-order chi connectivity index (χ1) is 18.9. The van der Waals surface area contributed by atoms with Crippen LogP contribution < -0.4 is 10.4 Å². The van der Waals surface area contributed by atoms with E-state index < -0.39 is 8.32 Å². The lowest BCUT2D eigenvalue weighted by Crippen LogP contribution is -2.68. The minimum Gasteiger partial charge on any atom is -0.404 e. The molecule has 3 aromatic carbocycles. The third kappa shape index (κ3) is 8.16. The van der Waals surface area contributed by atoms with Gasteiger partial charge in [0.25, 0.3) is 8.32 Å². The van der Waals surface area contributed by atoms with Gasteiger partial charge in [0, 0.05) is 6.10 Å². The smallest absolute Gasteiger partial charge is 0.261 e. The second-order valence-electron chi connectivity index (χ2n) is 11.8. The highest BCUT2D eigenvalue weighted by Gasteiger charge is 2.51. The van der Waals surface area contributed by atoms with Gasteiger partial charge >= 0.3 is 0 Å². The monoisotopic (exact) mass is 574 g/mol. The highest BCUT2D eigenvalue weighted by Crippen LogP contribution is 2.40. The van der Waals surface area contributed by atoms with Crippen molar-refractivity contribution in [2.24, 2.45) is 5.92 Å². The van der Waals surface area contributed by atoms with Gasteiger partial charge in [0.2, 0.25) is 0 Å². The van der Waals surface area contributed by atoms with Crippen LogP contribution in [-0.4, -0.2) is 30.5 Å². The molecule has 4 heteroatoms. The number of allylic oxidation sites excluding steroid dienone is 1. The molecule has 0 radical (unpaired) electrons. The SMILES string of the molecule is C[C@H](C/C=C/c1ccccc1)[C@@H](CCCC1SCCCS1)O[Si](c1ccccc1)(c1ccccc1)C(C)(C)C. The van der Waals surface area contributed by atoms with Crippen LogP contribution >= 0.6 is 23.5 Å². The maximum atomic E-state index is 7.72. The summed E-state index contributed by atoms with van der Waals surface area (Å²) in [5.74, 6) is 3.07. The lowest BCUT2D eigenvalue weighted by Gasteiger charge is -2.46. The summed E-state index contributed by atoms with van der Waals surface area (Å²) in [6.07, 6.45) is 10.8. The molecule has 1 fully saturated rings. The number of thioether (sulfide) groups is 2. The van der Waals surface area contributed by atoms with E-state index in [0.29, 0.717) is 5.92 Å². The molecule has 4 rings (SSSR count). The summed E-state index contributed by atoms with van der Waals surface area (Å²) in [5, 5.41) is 2.74. The van der Waals surface area contributed by atoms with E-state index in [4.69, 9.17) is 4.43 Å². The van der Waals surface area contributed by atoms with Gasteiger partial charge in [0.15, 0.2) is 0 Å². The lowest BCUT2D eigenvalue weighted by molar-refractivity contribution is 0.120. The van der Waals surface area contributed by atoms with E-state index >= 15 is 0 Å². The van der Waals surface area contributed by atoms with Gasteiger partial charge in [0.1, 0.15) is 0 Å². The molecule has 1 heterocycles. The van der Waals surface area contributed by atoms with Crippen molar-refractivity contribution in [1.29, 1.82) is 0 Å². The third-order valence-electron chi connectivity index (χ3n) is 7.82. The van der Waals surface area contributed by atoms with Gasteiger partial charge in [-0.1, -0.05) is 131 Å². The Labute approximate surface area is 247 Å². The Morgan fingerprint density at radius 1 is 0.846 bits per heavy atom. The summed E-state index contributed by atoms with van der Waals surface area (Å²) in [5.41, 5.74) is 1.26. The normalized spacial score (nSPS) is 16.8. The summed E-state index contributed by atoms with van der Waals surface area (Å²) in [6, 6.07) is 32.9. The Balaban J connectivity index is 1.64. The highest BCUT2D eigenvalue weighted by molar-refractivity contribution is 8.17. The second kappa shape index (κ2) is 14.8. The molecule has 1 nitrogen and oxygen atoms in total. The molecule has 1 aliphatic heterocycles. The quantitative estimate of drug-likeness (QED) is 0.200. The Kier molecular flexibility index (Phi) is 11.5. The number of benzene rings is 3. The molecule has 0 unspecified atom stereocenters. The summed E-state index contributed by atoms with van der Waals surface area (Å²) in [7, 11) is -2.60. The molecule has 208 valence electrons. The molecular formula is C35H46OS2Si. The Bertz CT molecular complexity index is 1080. The van der Waals surface area contributed by atoms with Crippen LogP contribution in [0.2, 0.25) is 5.04 Å². The second-order valence-corrected chi connectivity index (χ2v) is 19.0. The molecule has 3 aromatic rings. The van der Waals surface area contributed by atoms with Crippen molar-refractivity contribution in [3.8, 4) is 0 Å². The molecule has 0 amide bonds. The van der Waals surface area contributed by atoms with Gasteiger partial charge in [-0.15, -0.1) is 23.5 Å². The van der Waals surface area contributed by atoms with Crippen molar-refractivity contribution in [2.75, 3.05) is 11.5 Å². The minimum absolute atomic E-state index is 0.0113. The molecule has 0 spiro atoms. The van der Waals surface area contributed by atoms with Crippen LogP contribution in [0.4, 0.5) is 0 Å². The fourth-order valence-corrected chi connectivity index (χ4v) is 13.5. The Hall–Kier alpha value is -1.72. The average Bonchev–Trinajstić information content (AvgIpc) is 2.96. The van der Waals surface area contributed by atoms with E-state index in [-0.39, 0.29) is 11.1 Å². The molecule has 0 aromatic heterocycles. The largest absolute Gasteiger partial charge is 0.404 e. The van der Waals surface area contributed by atoms with Crippen molar-refractivity contribution >= 4 is 48.3 Å². The zero-order valence-corrected chi connectivity index (χ0v) is 26.9. The summed E-state index contributed by atoms with van der Waals surface area (Å²) in [4.78, 5) is 0. The molecule has 0 saturated carbocycles. The van der Waals surface area contributed by atoms with Gasteiger partial charge in [-0.25, -0.2) is 0 Å². The van der Waals surface area contributed by atoms with Crippen LogP contribution in [0.15, 0.2) is 97.1 Å². The van der Waals surface area contributed by atoms with Gasteiger partial charge in [0.05, 0.1) is 4.58 Å². The van der Waals surface area contributed by atoms with E-state index in [1.54, 1.807) is 0 Å². The van der Waals surface area contributed by atoms with E-state index in [0.717, 1.165) is 17.4 Å². The average molecular weight is 575 g/mol. The summed E-state index contributed by atoms with van der Waals surface area (Å²) in [6.45, 7) is 9.59. The molecular weight excluding hydrogens is 529 g/mol. The van der Waals surface area contributed by atoms with Gasteiger partial charge in [-0.2, -0.15) is 0 Å². The number of hydrogen-bond acceptors (Lipinski definition) is 3. The first-order valence-electron chi connectivity index (χ1n) is 14.6. The van der Waals surface area contributed by atoms with Crippen molar-refractivity contribution in [2.45, 2.75) is 75.5 Å². The first kappa shape index (κ1) is 30.2. The van der Waals surface area contributed by atoms with Crippen molar-refractivity contribution in [1.82, 2.24) is 0 Å². The third-order valence-corrected chi connectivity index (χ3v) is 16.0. The maximum absolute atomic E-state index is 7.72. The fraction of sp³-hybridized carbons (Fsp3) is 0.429. The zero-order chi connectivity index (χ0) is 27.6. The van der Waals surface area contributed by atoms with Crippen molar-refractivity contribution in [3.05, 3.63) is 103 Å². The molecule has 1 saturated heterocycles. The minimum atomic E-state index is -2.60. The van der Waals surface area contributed by atoms with Crippen LogP contribution in [0.25, 0.3) is 6.08 Å². The highest BCUT2D eigenvalue weighted by atomic mass is 32.2. The maximum Gasteiger partial charge on any atom is 0.261 e. The van der Waals surface area contributed by atoms with Crippen LogP contribution in [0, 0.1) is 5.92 Å². The van der Waals surface area contributed by atoms with Crippen LogP contribution in [0.3, 0.4) is 0 Å². The van der Waals surface area contributed by atoms with E-state index in [2.05, 4.69) is 154 Å². The zero-order valence-electron chi connectivity index (χ0n) is 24.2. The van der Waals surface area contributed by atoms with Crippen molar-refractivity contribution < 1.29 is 4.43 Å². The number of hydrogen-bond donors (Lipinski definition) is 0. The van der Waals surface area contributed by atoms with E-state index in [1.165, 1.54) is 46.7 Å². The molecule has 1 aliphatic rings. The van der Waals surface area contributed by atoms with Crippen molar-refractivity contribution in [3.63, 3.8) is 0 Å². The van der Waals surface area contributed by atoms with Crippen LogP contribution in [-0.2, 0) is 4.43 Å². The predicted octanol–water partition coefficient (Wildman–Crippen LogP) is 9.04. The standard InChI is InChI=1S/C35H46OS2Si/c1-29(17-14-20-30-18-8-5-9-19-30)33(25-15-26-34-37-27-16-28-38-34)36-39(35(2,3)4,31-21-10-6-11-22-31)32-23-12-7-13-24-32/h5-14,18-24,29,33-34H,15-17,25-28H2,1-4H3/b20-14+/t29-,33-/m1/s1. The lowest BCUT2D eigenvalue weighted by atomic mass is 9.96. The van der Waals surface area contributed by atoms with Crippen LogP contribution in [0.5, 0.6) is 0 Å². The Morgan fingerprint density at radius 3 is 1.92 bits per heavy atom. The van der Waals surface area contributed by atoms with E-state index in [9.17, 15) is 0 Å². The predicted molar refractivity (Wildman–Crippen MR) is 179 cm³/mol. The number of rotatable bonds is 12. The van der Waals surface area contributed by atoms with Gasteiger partial charge < -0.3 is 4.43 Å². The van der Waals surface area contributed by atoms with Gasteiger partial charge in [-0.05, 0) is 70.5 Å². The molecule has 0 N–H and O–H groups in total. The fourth-order valence-electron chi connectivity index (χ4n) is 5.70. The molecule has 0 aliphatic carbocycles. The first-order valence-corrected chi connectivity index (χ1v) is 18.6. The van der Waals surface area contributed by atoms with Crippen LogP contribution in [0.1, 0.15) is 65.4 Å². The summed E-state index contributed by atoms with van der Waals surface area (Å²) < 4.78 is 8.47.